The number of nitrogens with one attached hydrogen (secondary N) is 1. The highest BCUT2D eigenvalue weighted by molar-refractivity contribution is 6.32. The first-order valence-electron chi connectivity index (χ1n) is 7.38. The summed E-state index contributed by atoms with van der Waals surface area (Å²) in [6.07, 6.45) is 0. The van der Waals surface area contributed by atoms with Crippen LogP contribution in [0.5, 0.6) is 5.75 Å². The van der Waals surface area contributed by atoms with Crippen molar-refractivity contribution in [2.45, 2.75) is 19.5 Å². The van der Waals surface area contributed by atoms with E-state index in [9.17, 15) is 14.3 Å². The maximum atomic E-state index is 13.0. The average Bonchev–Trinajstić information content (AvgIpc) is 2.54. The Balaban J connectivity index is 1.88. The first kappa shape index (κ1) is 16.5. The molecule has 0 spiro atoms. The molecule has 0 saturated carbocycles. The van der Waals surface area contributed by atoms with Gasteiger partial charge in [-0.1, -0.05) is 23.7 Å². The lowest BCUT2D eigenvalue weighted by atomic mass is 10.1. The zero-order valence-electron chi connectivity index (χ0n) is 12.8. The van der Waals surface area contributed by atoms with E-state index in [1.54, 1.807) is 18.2 Å². The van der Waals surface area contributed by atoms with Gasteiger partial charge in [0.15, 0.2) is 0 Å². The molecule has 2 aromatic carbocycles. The van der Waals surface area contributed by atoms with Crippen molar-refractivity contribution >= 4 is 22.6 Å². The Morgan fingerprint density at radius 2 is 1.96 bits per heavy atom. The standard InChI is InChI=1S/C18H15ClFNO3/c1-10(11-2-4-13(20)5-3-11)21-9-12-6-18(23)24-17-8-16(22)15(19)7-14(12)17/h2-8,10,21-22H,9H2,1H3. The summed E-state index contributed by atoms with van der Waals surface area (Å²) >= 11 is 5.95. The number of rotatable bonds is 4. The van der Waals surface area contributed by atoms with Crippen molar-refractivity contribution in [1.82, 2.24) is 5.32 Å². The summed E-state index contributed by atoms with van der Waals surface area (Å²) < 4.78 is 18.1. The summed E-state index contributed by atoms with van der Waals surface area (Å²) in [5.41, 5.74) is 1.41. The summed E-state index contributed by atoms with van der Waals surface area (Å²) in [5.74, 6) is -0.427. The van der Waals surface area contributed by atoms with Crippen LogP contribution in [0.4, 0.5) is 4.39 Å². The van der Waals surface area contributed by atoms with E-state index < -0.39 is 5.63 Å². The fourth-order valence-electron chi connectivity index (χ4n) is 2.51. The van der Waals surface area contributed by atoms with Crippen LogP contribution in [-0.2, 0) is 6.54 Å². The molecule has 0 amide bonds. The molecule has 24 heavy (non-hydrogen) atoms. The molecule has 3 aromatic rings. The summed E-state index contributed by atoms with van der Waals surface area (Å²) in [4.78, 5) is 11.7. The van der Waals surface area contributed by atoms with Gasteiger partial charge in [0.1, 0.15) is 17.1 Å². The molecular weight excluding hydrogens is 333 g/mol. The third-order valence-electron chi connectivity index (χ3n) is 3.87. The lowest BCUT2D eigenvalue weighted by Crippen LogP contribution is -2.19. The van der Waals surface area contributed by atoms with Crippen LogP contribution in [0, 0.1) is 5.82 Å². The fourth-order valence-corrected chi connectivity index (χ4v) is 2.68. The molecule has 2 N–H and O–H groups in total. The molecule has 0 aliphatic rings. The monoisotopic (exact) mass is 347 g/mol. The Morgan fingerprint density at radius 3 is 2.67 bits per heavy atom. The Kier molecular flexibility index (Phi) is 4.55. The quantitative estimate of drug-likeness (QED) is 0.696. The van der Waals surface area contributed by atoms with E-state index in [2.05, 4.69) is 5.32 Å². The van der Waals surface area contributed by atoms with E-state index in [1.807, 2.05) is 6.92 Å². The predicted octanol–water partition coefficient (Wildman–Crippen LogP) is 4.14. The third-order valence-corrected chi connectivity index (χ3v) is 4.17. The van der Waals surface area contributed by atoms with Crippen molar-refractivity contribution in [1.29, 1.82) is 0 Å². The Labute approximate surface area is 142 Å². The van der Waals surface area contributed by atoms with Crippen LogP contribution in [0.2, 0.25) is 5.02 Å². The summed E-state index contributed by atoms with van der Waals surface area (Å²) in [7, 11) is 0. The summed E-state index contributed by atoms with van der Waals surface area (Å²) in [5, 5.41) is 13.8. The zero-order valence-corrected chi connectivity index (χ0v) is 13.6. The van der Waals surface area contributed by atoms with E-state index in [4.69, 9.17) is 16.0 Å². The SMILES string of the molecule is CC(NCc1cc(=O)oc2cc(O)c(Cl)cc12)c1ccc(F)cc1. The summed E-state index contributed by atoms with van der Waals surface area (Å²) in [6.45, 7) is 2.33. The second kappa shape index (κ2) is 6.63. The Morgan fingerprint density at radius 1 is 1.25 bits per heavy atom. The van der Waals surface area contributed by atoms with Crippen LogP contribution in [0.15, 0.2) is 51.7 Å². The smallest absolute Gasteiger partial charge is 0.336 e. The van der Waals surface area contributed by atoms with Crippen LogP contribution in [-0.4, -0.2) is 5.11 Å². The van der Waals surface area contributed by atoms with Crippen molar-refractivity contribution in [2.75, 3.05) is 0 Å². The van der Waals surface area contributed by atoms with Gasteiger partial charge in [-0.15, -0.1) is 0 Å². The number of phenols is 1. The largest absolute Gasteiger partial charge is 0.506 e. The molecule has 6 heteroatoms. The van der Waals surface area contributed by atoms with Crippen LogP contribution in [0.3, 0.4) is 0 Å². The number of benzene rings is 2. The highest BCUT2D eigenvalue weighted by atomic mass is 35.5. The van der Waals surface area contributed by atoms with Gasteiger partial charge in [-0.3, -0.25) is 0 Å². The molecule has 124 valence electrons. The van der Waals surface area contributed by atoms with E-state index >= 15 is 0 Å². The topological polar surface area (TPSA) is 62.5 Å². The van der Waals surface area contributed by atoms with Gasteiger partial charge in [0.2, 0.25) is 0 Å². The fraction of sp³-hybridized carbons (Fsp3) is 0.167. The molecule has 0 bridgehead atoms. The lowest BCUT2D eigenvalue weighted by Gasteiger charge is -2.15. The van der Waals surface area contributed by atoms with Crippen LogP contribution in [0.1, 0.15) is 24.1 Å². The van der Waals surface area contributed by atoms with E-state index in [0.717, 1.165) is 5.56 Å². The van der Waals surface area contributed by atoms with Gasteiger partial charge in [-0.05, 0) is 36.2 Å². The second-order valence-corrected chi connectivity index (χ2v) is 5.95. The number of aromatic hydroxyl groups is 1. The molecule has 1 heterocycles. The molecule has 0 fully saturated rings. The van der Waals surface area contributed by atoms with Gasteiger partial charge in [0, 0.05) is 30.1 Å². The molecule has 1 unspecified atom stereocenters. The van der Waals surface area contributed by atoms with Gasteiger partial charge >= 0.3 is 5.63 Å². The molecular formula is C18H15ClFNO3. The zero-order chi connectivity index (χ0) is 17.3. The number of hydrogen-bond donors (Lipinski definition) is 2. The van der Waals surface area contributed by atoms with E-state index in [0.29, 0.717) is 17.5 Å². The number of halogens is 2. The third kappa shape index (κ3) is 3.42. The molecule has 0 aliphatic heterocycles. The lowest BCUT2D eigenvalue weighted by molar-refractivity contribution is 0.473. The molecule has 1 aromatic heterocycles. The summed E-state index contributed by atoms with van der Waals surface area (Å²) in [6, 6.07) is 10.5. The highest BCUT2D eigenvalue weighted by Crippen LogP contribution is 2.30. The maximum Gasteiger partial charge on any atom is 0.336 e. The normalized spacial score (nSPS) is 12.5. The molecule has 3 rings (SSSR count). The van der Waals surface area contributed by atoms with Gasteiger partial charge in [0.05, 0.1) is 5.02 Å². The number of hydrogen-bond acceptors (Lipinski definition) is 4. The van der Waals surface area contributed by atoms with Gasteiger partial charge < -0.3 is 14.8 Å². The predicted molar refractivity (Wildman–Crippen MR) is 90.8 cm³/mol. The Bertz CT molecular complexity index is 937. The molecule has 1 atom stereocenters. The highest BCUT2D eigenvalue weighted by Gasteiger charge is 2.11. The minimum atomic E-state index is -0.504. The molecule has 0 aliphatic carbocycles. The molecule has 0 saturated heterocycles. The van der Waals surface area contributed by atoms with Crippen molar-refractivity contribution in [3.05, 3.63) is 74.9 Å². The van der Waals surface area contributed by atoms with E-state index in [1.165, 1.54) is 24.3 Å². The first-order chi connectivity index (χ1) is 11.4. The van der Waals surface area contributed by atoms with Crippen LogP contribution >= 0.6 is 11.6 Å². The average molecular weight is 348 g/mol. The minimum Gasteiger partial charge on any atom is -0.506 e. The first-order valence-corrected chi connectivity index (χ1v) is 7.76. The van der Waals surface area contributed by atoms with Crippen LogP contribution < -0.4 is 10.9 Å². The van der Waals surface area contributed by atoms with Crippen molar-refractivity contribution < 1.29 is 13.9 Å². The van der Waals surface area contributed by atoms with Gasteiger partial charge in [-0.2, -0.15) is 0 Å². The van der Waals surface area contributed by atoms with Crippen LogP contribution in [0.25, 0.3) is 11.0 Å². The number of fused-ring (bicyclic) bond motifs is 1. The van der Waals surface area contributed by atoms with Gasteiger partial charge in [-0.25, -0.2) is 9.18 Å². The van der Waals surface area contributed by atoms with Crippen molar-refractivity contribution in [3.63, 3.8) is 0 Å². The van der Waals surface area contributed by atoms with Crippen molar-refractivity contribution in [3.8, 4) is 5.75 Å². The molecule has 4 nitrogen and oxygen atoms in total. The van der Waals surface area contributed by atoms with Gasteiger partial charge in [0.25, 0.3) is 0 Å². The second-order valence-electron chi connectivity index (χ2n) is 5.54. The van der Waals surface area contributed by atoms with E-state index in [-0.39, 0.29) is 28.2 Å². The van der Waals surface area contributed by atoms with Crippen molar-refractivity contribution in [2.24, 2.45) is 0 Å². The Hall–Kier alpha value is -2.37. The maximum absolute atomic E-state index is 13.0. The minimum absolute atomic E-state index is 0.0412. The molecule has 0 radical (unpaired) electrons. The number of phenolic OH excluding ortho intramolecular Hbond substituents is 1.